The predicted octanol–water partition coefficient (Wildman–Crippen LogP) is -1.54. The third-order valence-corrected chi connectivity index (χ3v) is 0. The van der Waals surface area contributed by atoms with Crippen LogP contribution in [0, 0.1) is 0 Å². The highest BCUT2D eigenvalue weighted by Crippen LogP contribution is 1.60. The monoisotopic (exact) mass is 252 g/mol. The second-order valence-electron chi connectivity index (χ2n) is 1.08. The van der Waals surface area contributed by atoms with Crippen molar-refractivity contribution in [1.29, 1.82) is 0 Å². The summed E-state index contributed by atoms with van der Waals surface area (Å²) in [5.74, 6) is 1.81. The number of alkyl halides is 1. The van der Waals surface area contributed by atoms with Crippen molar-refractivity contribution in [2.24, 2.45) is 0 Å². The third kappa shape index (κ3) is 6400. The highest BCUT2D eigenvalue weighted by molar-refractivity contribution is 9.08. The molecule has 9 heteroatoms. The maximum Gasteiger partial charge on any atom is 0.631 e. The van der Waals surface area contributed by atoms with Crippen LogP contribution in [0.2, 0.25) is 0 Å². The van der Waals surface area contributed by atoms with Gasteiger partial charge in [-0.15, -0.1) is 0 Å². The highest BCUT2D eigenvalue weighted by Gasteiger charge is 1.92. The lowest BCUT2D eigenvalue weighted by Gasteiger charge is -1.69. The van der Waals surface area contributed by atoms with Crippen LogP contribution in [0.4, 0.5) is 0 Å². The molecule has 0 aliphatic carbocycles. The van der Waals surface area contributed by atoms with Crippen molar-refractivity contribution in [2.45, 2.75) is 0 Å². The van der Waals surface area contributed by atoms with Crippen molar-refractivity contribution in [2.75, 3.05) is 12.1 Å². The van der Waals surface area contributed by atoms with Crippen molar-refractivity contribution in [3.05, 3.63) is 0 Å². The molecular weight excluding hydrogens is 243 g/mol. The van der Waals surface area contributed by atoms with Gasteiger partial charge in [0.15, 0.2) is 0 Å². The molecule has 0 saturated carbocycles. The van der Waals surface area contributed by atoms with Crippen LogP contribution in [0.25, 0.3) is 0 Å². The van der Waals surface area contributed by atoms with Gasteiger partial charge in [0.2, 0.25) is 0 Å². The van der Waals surface area contributed by atoms with E-state index in [0.717, 1.165) is 0 Å². The molecule has 0 aromatic carbocycles. The minimum atomic E-state index is -3.67. The van der Waals surface area contributed by atoms with Gasteiger partial charge in [-0.2, -0.15) is 8.42 Å². The molecule has 6 nitrogen and oxygen atoms in total. The van der Waals surface area contributed by atoms with Crippen LogP contribution in [0.15, 0.2) is 0 Å². The van der Waals surface area contributed by atoms with E-state index in [1.165, 1.54) is 0 Å². The Morgan fingerprint density at radius 3 is 1.18 bits per heavy atom. The molecule has 0 rings (SSSR count). The number of rotatable bonds is 0. The van der Waals surface area contributed by atoms with E-state index in [2.05, 4.69) is 15.9 Å². The lowest BCUT2D eigenvalue weighted by Crippen LogP contribution is -2.07. The molecule has 0 bridgehead atoms. The van der Waals surface area contributed by atoms with Gasteiger partial charge in [0.1, 0.15) is 0 Å². The average Bonchev–Trinajstić information content (AvgIpc) is 1.63. The summed E-state index contributed by atoms with van der Waals surface area (Å²) < 4.78 is 25.9. The number of hydrogen-bond acceptors (Lipinski definition) is 5. The van der Waals surface area contributed by atoms with E-state index in [9.17, 15) is 8.42 Å². The lowest BCUT2D eigenvalue weighted by atomic mass is 10.3. The Balaban J connectivity index is -0.0000000965. The Bertz CT molecular complexity index is 132. The summed E-state index contributed by atoms with van der Waals surface area (Å²) in [6, 6.07) is 0. The fourth-order valence-corrected chi connectivity index (χ4v) is 0. The first-order valence-electron chi connectivity index (χ1n) is 2.08. The fraction of sp³-hybridized carbons (Fsp3) is 1.00. The summed E-state index contributed by atoms with van der Waals surface area (Å²) in [5.41, 5.74) is 0. The fourth-order valence-electron chi connectivity index (χ4n) is 0. The Hall–Kier alpha value is 0.335. The van der Waals surface area contributed by atoms with Crippen LogP contribution >= 0.6 is 15.9 Å². The molecule has 4 N–H and O–H groups in total. The molecule has 11 heavy (non-hydrogen) atoms. The summed E-state index contributed by atoms with van der Waals surface area (Å²) in [6.45, 7) is 0. The van der Waals surface area contributed by atoms with Gasteiger partial charge in [0.05, 0.1) is 6.26 Å². The first-order valence-corrected chi connectivity index (χ1v) is 5.51. The van der Waals surface area contributed by atoms with Gasteiger partial charge >= 0.3 is 7.32 Å². The van der Waals surface area contributed by atoms with Crippen LogP contribution in [-0.2, 0) is 10.1 Å². The smallest absolute Gasteiger partial charge is 0.402 e. The van der Waals surface area contributed by atoms with E-state index in [1.807, 2.05) is 5.83 Å². The zero-order chi connectivity index (χ0) is 10.1. The van der Waals surface area contributed by atoms with Crippen molar-refractivity contribution >= 4 is 33.4 Å². The summed E-state index contributed by atoms with van der Waals surface area (Å²) in [5, 5.41) is 21.5. The Labute approximate surface area is 73.9 Å². The Kier molecular flexibility index (Phi) is 16.4. The third-order valence-electron chi connectivity index (χ3n) is 0. The maximum atomic E-state index is 9.19. The molecule has 0 fully saturated rings. The van der Waals surface area contributed by atoms with Gasteiger partial charge in [-0.3, -0.25) is 4.55 Å². The van der Waals surface area contributed by atoms with Crippen molar-refractivity contribution in [3.8, 4) is 0 Å². The average molecular weight is 253 g/mol. The molecule has 0 atom stereocenters. The normalized spacial score (nSPS) is 8.27. The zero-order valence-corrected chi connectivity index (χ0v) is 8.37. The topological polar surface area (TPSA) is 115 Å². The molecule has 0 aliphatic heterocycles. The van der Waals surface area contributed by atoms with Crippen LogP contribution in [0.1, 0.15) is 0 Å². The molecule has 0 aliphatic rings. The minimum absolute atomic E-state index is 0.715. The van der Waals surface area contributed by atoms with Crippen molar-refractivity contribution < 1.29 is 28.0 Å². The van der Waals surface area contributed by atoms with Crippen LogP contribution in [0.5, 0.6) is 0 Å². The molecule has 0 aromatic rings. The predicted molar refractivity (Wildman–Crippen MR) is 44.7 cm³/mol. The van der Waals surface area contributed by atoms with Gasteiger partial charge in [0, 0.05) is 0 Å². The van der Waals surface area contributed by atoms with Crippen molar-refractivity contribution in [1.82, 2.24) is 0 Å². The second kappa shape index (κ2) is 10.3. The SMILES string of the molecule is CBr.CS(=O)(=O)O.OB(O)O. The van der Waals surface area contributed by atoms with E-state index in [0.29, 0.717) is 6.26 Å². The van der Waals surface area contributed by atoms with E-state index in [1.54, 1.807) is 0 Å². The van der Waals surface area contributed by atoms with Gasteiger partial charge in [-0.25, -0.2) is 0 Å². The highest BCUT2D eigenvalue weighted by atomic mass is 79.9. The molecule has 0 aromatic heterocycles. The van der Waals surface area contributed by atoms with Gasteiger partial charge < -0.3 is 15.1 Å². The van der Waals surface area contributed by atoms with Crippen LogP contribution < -0.4 is 0 Å². The number of halogens is 1. The molecule has 0 saturated heterocycles. The second-order valence-corrected chi connectivity index (χ2v) is 2.55. The lowest BCUT2D eigenvalue weighted by molar-refractivity contribution is 0.278. The maximum absolute atomic E-state index is 9.19. The first-order chi connectivity index (χ1) is 4.73. The molecule has 0 heterocycles. The zero-order valence-electron chi connectivity index (χ0n) is 5.97. The van der Waals surface area contributed by atoms with Gasteiger partial charge in [0.25, 0.3) is 10.1 Å². The quantitative estimate of drug-likeness (QED) is 0.236. The van der Waals surface area contributed by atoms with Crippen LogP contribution in [-0.4, -0.2) is 47.5 Å². The summed E-state index contributed by atoms with van der Waals surface area (Å²) >= 11 is 2.94. The van der Waals surface area contributed by atoms with E-state index < -0.39 is 17.4 Å². The number of hydrogen-bond donors (Lipinski definition) is 4. The van der Waals surface area contributed by atoms with E-state index in [4.69, 9.17) is 19.6 Å². The molecule has 0 spiro atoms. The van der Waals surface area contributed by atoms with Gasteiger partial charge in [-0.1, -0.05) is 15.9 Å². The molecule has 0 amide bonds. The minimum Gasteiger partial charge on any atom is -0.402 e. The van der Waals surface area contributed by atoms with E-state index in [-0.39, 0.29) is 0 Å². The first kappa shape index (κ1) is 17.4. The summed E-state index contributed by atoms with van der Waals surface area (Å²) in [6.07, 6.45) is 0.715. The summed E-state index contributed by atoms with van der Waals surface area (Å²) in [4.78, 5) is 0. The molecule has 0 radical (unpaired) electrons. The Morgan fingerprint density at radius 2 is 1.18 bits per heavy atom. The Morgan fingerprint density at radius 1 is 1.18 bits per heavy atom. The molecular formula is C2H10BBrO6S. The molecule has 0 unspecified atom stereocenters. The van der Waals surface area contributed by atoms with Crippen LogP contribution in [0.3, 0.4) is 0 Å². The van der Waals surface area contributed by atoms with E-state index >= 15 is 0 Å². The molecule has 70 valence electrons. The standard InChI is InChI=1S/CH3Br.CH4O3S.BH3O3/c1-2;1-5(2,3)4;2-1(3)4/h1H3;1H3,(H,2,3,4);2-4H. The summed E-state index contributed by atoms with van der Waals surface area (Å²) in [7, 11) is -5.83. The van der Waals surface area contributed by atoms with Gasteiger partial charge in [-0.05, 0) is 5.83 Å². The van der Waals surface area contributed by atoms with Crippen molar-refractivity contribution in [3.63, 3.8) is 0 Å². The largest absolute Gasteiger partial charge is 0.631 e.